The molecule has 0 aromatic carbocycles. The van der Waals surface area contributed by atoms with E-state index in [9.17, 15) is 19.3 Å². The van der Waals surface area contributed by atoms with Crippen molar-refractivity contribution in [2.24, 2.45) is 5.41 Å². The van der Waals surface area contributed by atoms with Crippen LogP contribution >= 0.6 is 19.6 Å². The van der Waals surface area contributed by atoms with Gasteiger partial charge >= 0.3 is 13.9 Å². The zero-order valence-electron chi connectivity index (χ0n) is 24.1. The summed E-state index contributed by atoms with van der Waals surface area (Å²) in [4.78, 5) is 36.8. The Morgan fingerprint density at radius 3 is 2.81 bits per heavy atom. The molecule has 4 heterocycles. The average molecular weight is 633 g/mol. The molecule has 16 nitrogen and oxygen atoms in total. The van der Waals surface area contributed by atoms with Crippen molar-refractivity contribution < 1.29 is 47.0 Å². The summed E-state index contributed by atoms with van der Waals surface area (Å²) >= 11 is 1.01. The van der Waals surface area contributed by atoms with E-state index in [1.54, 1.807) is 27.7 Å². The van der Waals surface area contributed by atoms with E-state index >= 15 is 0 Å². The van der Waals surface area contributed by atoms with Crippen LogP contribution in [0.5, 0.6) is 5.88 Å². The molecule has 0 bridgehead atoms. The number of alkyl carbamates (subject to hydrolysis) is 1. The van der Waals surface area contributed by atoms with Gasteiger partial charge in [0.25, 0.3) is 0 Å². The summed E-state index contributed by atoms with van der Waals surface area (Å²) in [5.41, 5.74) is 4.02. The summed E-state index contributed by atoms with van der Waals surface area (Å²) in [6, 6.07) is 0. The topological polar surface area (TPSA) is 208 Å². The normalized spacial score (nSPS) is 27.5. The van der Waals surface area contributed by atoms with Crippen LogP contribution < -0.4 is 15.8 Å². The van der Waals surface area contributed by atoms with Gasteiger partial charge in [0.05, 0.1) is 32.8 Å². The Labute approximate surface area is 246 Å². The first-order valence-electron chi connectivity index (χ1n) is 13.5. The van der Waals surface area contributed by atoms with Crippen molar-refractivity contribution in [2.75, 3.05) is 44.5 Å². The van der Waals surface area contributed by atoms with E-state index in [0.717, 1.165) is 11.8 Å². The minimum Gasteiger partial charge on any atom is -0.476 e. The highest BCUT2D eigenvalue weighted by Gasteiger charge is 2.60. The highest BCUT2D eigenvalue weighted by atomic mass is 32.2. The van der Waals surface area contributed by atoms with Gasteiger partial charge in [0, 0.05) is 17.7 Å². The maximum Gasteiger partial charge on any atom is 0.475 e. The van der Waals surface area contributed by atoms with E-state index in [2.05, 4.69) is 20.3 Å². The third-order valence-corrected chi connectivity index (χ3v) is 9.35. The van der Waals surface area contributed by atoms with Gasteiger partial charge in [-0.05, 0) is 27.2 Å². The molecule has 2 saturated heterocycles. The molecule has 1 amide bonds. The van der Waals surface area contributed by atoms with Gasteiger partial charge in [-0.3, -0.25) is 22.9 Å². The van der Waals surface area contributed by atoms with E-state index in [-0.39, 0.29) is 54.7 Å². The second kappa shape index (κ2) is 13.0. The molecule has 0 spiro atoms. The molecule has 0 aliphatic carbocycles. The molecule has 5 atom stereocenters. The van der Waals surface area contributed by atoms with Crippen LogP contribution in [-0.4, -0.2) is 92.4 Å². The molecule has 1 unspecified atom stereocenters. The van der Waals surface area contributed by atoms with Crippen LogP contribution in [0, 0.1) is 5.41 Å². The Hall–Kier alpha value is -2.53. The zero-order chi connectivity index (χ0) is 30.7. The first-order chi connectivity index (χ1) is 19.8. The van der Waals surface area contributed by atoms with E-state index in [1.807, 2.05) is 0 Å². The molecule has 4 N–H and O–H groups in total. The predicted octanol–water partition coefficient (Wildman–Crippen LogP) is 2.42. The van der Waals surface area contributed by atoms with Gasteiger partial charge in [0.15, 0.2) is 22.5 Å². The quantitative estimate of drug-likeness (QED) is 0.227. The molecular weight excluding hydrogens is 595 g/mol. The van der Waals surface area contributed by atoms with Gasteiger partial charge in [-0.15, -0.1) is 0 Å². The number of aromatic nitrogens is 4. The zero-order valence-corrected chi connectivity index (χ0v) is 25.8. The SMILES string of the molecule is CCOC(=O)NCCC(C)(C)C(=O)SCCOP1(=O)OC[C@H]2O[C@@H](n3cnc4c(OCC)nc(N)nc43)[C@](C)(O)[C@@H]2O1. The number of carbonyl (C=O) groups is 2. The number of phosphoric ester groups is 1. The van der Waals surface area contributed by atoms with Crippen molar-refractivity contribution in [3.63, 3.8) is 0 Å². The van der Waals surface area contributed by atoms with Crippen molar-refractivity contribution >= 4 is 47.9 Å². The smallest absolute Gasteiger partial charge is 0.475 e. The molecule has 18 heteroatoms. The number of rotatable bonds is 12. The Bertz CT molecular complexity index is 1340. The van der Waals surface area contributed by atoms with Gasteiger partial charge in [-0.25, -0.2) is 14.3 Å². The summed E-state index contributed by atoms with van der Waals surface area (Å²) in [7, 11) is -4.09. The number of imidazole rings is 1. The number of nitrogens with one attached hydrogen (secondary N) is 1. The highest BCUT2D eigenvalue weighted by Crippen LogP contribution is 2.59. The summed E-state index contributed by atoms with van der Waals surface area (Å²) in [5, 5.41) is 14.0. The number of nitrogens with zero attached hydrogens (tertiary/aromatic N) is 4. The van der Waals surface area contributed by atoms with Crippen molar-refractivity contribution in [2.45, 2.75) is 65.1 Å². The van der Waals surface area contributed by atoms with Crippen molar-refractivity contribution in [1.82, 2.24) is 24.8 Å². The molecule has 2 fully saturated rings. The van der Waals surface area contributed by atoms with E-state index < -0.39 is 43.4 Å². The third kappa shape index (κ3) is 6.98. The van der Waals surface area contributed by atoms with Crippen LogP contribution in [0.2, 0.25) is 0 Å². The maximum atomic E-state index is 13.3. The molecule has 234 valence electrons. The van der Waals surface area contributed by atoms with Crippen LogP contribution in [0.25, 0.3) is 11.2 Å². The van der Waals surface area contributed by atoms with Gasteiger partial charge in [-0.2, -0.15) is 9.97 Å². The van der Waals surface area contributed by atoms with Gasteiger partial charge in [0.2, 0.25) is 11.8 Å². The fourth-order valence-electron chi connectivity index (χ4n) is 4.50. The minimum atomic E-state index is -4.09. The third-order valence-electron chi connectivity index (χ3n) is 6.71. The second-order valence-electron chi connectivity index (χ2n) is 10.4. The lowest BCUT2D eigenvalue weighted by molar-refractivity contribution is -0.118. The van der Waals surface area contributed by atoms with E-state index in [0.29, 0.717) is 18.5 Å². The number of anilines is 1. The lowest BCUT2D eigenvalue weighted by Crippen LogP contribution is -2.47. The molecule has 4 rings (SSSR count). The van der Waals surface area contributed by atoms with Crippen LogP contribution in [-0.2, 0) is 32.4 Å². The van der Waals surface area contributed by atoms with Crippen LogP contribution in [0.1, 0.15) is 47.3 Å². The van der Waals surface area contributed by atoms with Crippen LogP contribution in [0.15, 0.2) is 6.33 Å². The first kappa shape index (κ1) is 32.4. The fraction of sp³-hybridized carbons (Fsp3) is 0.708. The number of hydrogen-bond donors (Lipinski definition) is 3. The number of nitrogen functional groups attached to an aromatic ring is 1. The molecule has 42 heavy (non-hydrogen) atoms. The Balaban J connectivity index is 1.33. The van der Waals surface area contributed by atoms with Crippen molar-refractivity contribution in [1.29, 1.82) is 0 Å². The Kier molecular flexibility index (Phi) is 10.0. The predicted molar refractivity (Wildman–Crippen MR) is 151 cm³/mol. The number of amides is 1. The second-order valence-corrected chi connectivity index (χ2v) is 13.1. The summed E-state index contributed by atoms with van der Waals surface area (Å²) in [5.74, 6) is 0.325. The number of nitrogens with two attached hydrogens (primary N) is 1. The molecule has 0 saturated carbocycles. The number of aliphatic hydroxyl groups is 1. The molecular formula is C24H37N6O10PS. The van der Waals surface area contributed by atoms with Crippen LogP contribution in [0.3, 0.4) is 0 Å². The molecule has 2 aliphatic heterocycles. The van der Waals surface area contributed by atoms with E-state index in [1.165, 1.54) is 17.8 Å². The van der Waals surface area contributed by atoms with Gasteiger partial charge in [-0.1, -0.05) is 25.6 Å². The number of thioether (sulfide) groups is 1. The summed E-state index contributed by atoms with van der Waals surface area (Å²) in [6.07, 6.45) is -1.63. The first-order valence-corrected chi connectivity index (χ1v) is 15.9. The molecule has 2 aromatic heterocycles. The standard InChI is InChI=1S/C24H37N6O10PS/c1-6-35-18-15-17(28-21(25)29-18)30(13-27-15)19-24(5,33)16-14(39-19)12-38-41(34,40-16)37-10-11-42-20(31)23(3,4)8-9-26-22(32)36-7-2/h13-14,16,19,33H,6-12H2,1-5H3,(H,26,32)(H2,25,28,29)/t14-,16-,19-,24-,41?/m1/s1. The lowest BCUT2D eigenvalue weighted by atomic mass is 9.91. The maximum absolute atomic E-state index is 13.3. The van der Waals surface area contributed by atoms with Crippen LogP contribution in [0.4, 0.5) is 10.7 Å². The average Bonchev–Trinajstić information content (AvgIpc) is 3.44. The molecule has 2 aromatic rings. The fourth-order valence-corrected chi connectivity index (χ4v) is 6.93. The number of carbonyl (C=O) groups excluding carboxylic acids is 2. The molecule has 2 aliphatic rings. The number of phosphoric acid groups is 1. The van der Waals surface area contributed by atoms with Crippen molar-refractivity contribution in [3.05, 3.63) is 6.33 Å². The largest absolute Gasteiger partial charge is 0.476 e. The number of hydrogen-bond acceptors (Lipinski definition) is 15. The Morgan fingerprint density at radius 2 is 2.10 bits per heavy atom. The minimum absolute atomic E-state index is 0.0479. The van der Waals surface area contributed by atoms with Gasteiger partial charge < -0.3 is 30.4 Å². The number of ether oxygens (including phenoxy) is 3. The number of fused-ring (bicyclic) bond motifs is 2. The summed E-state index contributed by atoms with van der Waals surface area (Å²) < 4.78 is 47.7. The van der Waals surface area contributed by atoms with E-state index in [4.69, 9.17) is 33.5 Å². The monoisotopic (exact) mass is 632 g/mol. The van der Waals surface area contributed by atoms with Gasteiger partial charge in [0.1, 0.15) is 17.8 Å². The summed E-state index contributed by atoms with van der Waals surface area (Å²) in [6.45, 7) is 9.10. The Morgan fingerprint density at radius 1 is 1.33 bits per heavy atom. The highest BCUT2D eigenvalue weighted by molar-refractivity contribution is 8.13. The van der Waals surface area contributed by atoms with Crippen molar-refractivity contribution in [3.8, 4) is 5.88 Å². The molecule has 0 radical (unpaired) electrons. The lowest BCUT2D eigenvalue weighted by Gasteiger charge is -2.35.